The van der Waals surface area contributed by atoms with Crippen molar-refractivity contribution in [3.05, 3.63) is 35.5 Å². The van der Waals surface area contributed by atoms with Gasteiger partial charge in [0.25, 0.3) is 0 Å². The summed E-state index contributed by atoms with van der Waals surface area (Å²) in [5.74, 6) is 0.379. The van der Waals surface area contributed by atoms with Crippen LogP contribution in [0.1, 0.15) is 11.1 Å². The van der Waals surface area contributed by atoms with Crippen LogP contribution < -0.4 is 10.1 Å². The highest BCUT2D eigenvalue weighted by atomic mass is 32.1. The van der Waals surface area contributed by atoms with Gasteiger partial charge in [-0.15, -0.1) is 4.37 Å². The quantitative estimate of drug-likeness (QED) is 0.821. The highest BCUT2D eigenvalue weighted by molar-refractivity contribution is 6.99. The van der Waals surface area contributed by atoms with E-state index in [1.54, 1.807) is 18.2 Å². The van der Waals surface area contributed by atoms with Crippen molar-refractivity contribution in [2.45, 2.75) is 6.10 Å². The molecule has 1 aromatic heterocycles. The van der Waals surface area contributed by atoms with Crippen LogP contribution in [-0.4, -0.2) is 33.1 Å². The van der Waals surface area contributed by atoms with E-state index < -0.39 is 6.10 Å². The van der Waals surface area contributed by atoms with Crippen LogP contribution in [0.3, 0.4) is 0 Å². The molecule has 0 saturated heterocycles. The molecule has 21 heavy (non-hydrogen) atoms. The molecule has 106 valence electrons. The van der Waals surface area contributed by atoms with E-state index in [2.05, 4.69) is 14.1 Å². The Morgan fingerprint density at radius 3 is 2.81 bits per heavy atom. The molecule has 2 aromatic rings. The molecule has 2 rings (SSSR count). The van der Waals surface area contributed by atoms with Gasteiger partial charge in [-0.3, -0.25) is 0 Å². The molecule has 0 spiro atoms. The summed E-state index contributed by atoms with van der Waals surface area (Å²) in [7, 11) is 0. The van der Waals surface area contributed by atoms with Crippen LogP contribution in [0.4, 0.5) is 5.69 Å². The summed E-state index contributed by atoms with van der Waals surface area (Å²) in [5.41, 5.74) is 1.27. The number of rotatable bonds is 6. The average molecular weight is 301 g/mol. The van der Waals surface area contributed by atoms with Crippen molar-refractivity contribution in [1.29, 1.82) is 10.5 Å². The van der Waals surface area contributed by atoms with E-state index in [0.29, 0.717) is 22.7 Å². The Bertz CT molecular complexity index is 675. The third-order valence-corrected chi connectivity index (χ3v) is 3.03. The minimum atomic E-state index is -0.743. The molecule has 1 aromatic carbocycles. The second-order valence-electron chi connectivity index (χ2n) is 4.08. The monoisotopic (exact) mass is 301 g/mol. The standard InChI is InChI=1S/C13H11N5O2S/c14-4-9-1-2-11(3-10(9)5-15)16-6-12(19)8-20-13-7-17-21-18-13/h1-3,7,12,16,19H,6,8H2. The summed E-state index contributed by atoms with van der Waals surface area (Å²) in [6.45, 7) is 0.328. The van der Waals surface area contributed by atoms with Crippen molar-refractivity contribution in [3.63, 3.8) is 0 Å². The molecule has 1 unspecified atom stereocenters. The number of hydrogen-bond donors (Lipinski definition) is 2. The number of aromatic nitrogens is 2. The summed E-state index contributed by atoms with van der Waals surface area (Å²) < 4.78 is 12.9. The Hall–Kier alpha value is -2.68. The molecule has 8 heteroatoms. The van der Waals surface area contributed by atoms with Crippen LogP contribution in [0.15, 0.2) is 24.4 Å². The molecule has 1 heterocycles. The van der Waals surface area contributed by atoms with Crippen molar-refractivity contribution < 1.29 is 9.84 Å². The van der Waals surface area contributed by atoms with Gasteiger partial charge in [0.15, 0.2) is 0 Å². The molecule has 0 amide bonds. The minimum absolute atomic E-state index is 0.0831. The Labute approximate surface area is 125 Å². The van der Waals surface area contributed by atoms with E-state index in [4.69, 9.17) is 15.3 Å². The van der Waals surface area contributed by atoms with Gasteiger partial charge in [-0.1, -0.05) is 0 Å². The number of benzene rings is 1. The summed E-state index contributed by atoms with van der Waals surface area (Å²) >= 11 is 1.03. The number of hydrogen-bond acceptors (Lipinski definition) is 8. The molecular weight excluding hydrogens is 290 g/mol. The predicted octanol–water partition coefficient (Wildman–Crippen LogP) is 1.13. The third kappa shape index (κ3) is 4.14. The summed E-state index contributed by atoms with van der Waals surface area (Å²) in [5, 5.41) is 30.5. The molecule has 7 nitrogen and oxygen atoms in total. The number of aliphatic hydroxyl groups is 1. The normalized spacial score (nSPS) is 11.2. The molecule has 0 aliphatic heterocycles. The Morgan fingerprint density at radius 1 is 1.33 bits per heavy atom. The average Bonchev–Trinajstić information content (AvgIpc) is 3.04. The first-order valence-electron chi connectivity index (χ1n) is 5.99. The van der Waals surface area contributed by atoms with Gasteiger partial charge in [0.05, 0.1) is 22.9 Å². The SMILES string of the molecule is N#Cc1ccc(NCC(O)COc2cnsn2)cc1C#N. The van der Waals surface area contributed by atoms with Crippen LogP contribution in [0, 0.1) is 22.7 Å². The molecule has 0 saturated carbocycles. The molecule has 2 N–H and O–H groups in total. The molecule has 1 atom stereocenters. The molecule has 0 fully saturated rings. The van der Waals surface area contributed by atoms with Crippen molar-refractivity contribution in [3.8, 4) is 18.0 Å². The maximum absolute atomic E-state index is 9.79. The number of nitriles is 2. The second kappa shape index (κ2) is 7.20. The van der Waals surface area contributed by atoms with Crippen LogP contribution in [0.5, 0.6) is 5.88 Å². The van der Waals surface area contributed by atoms with E-state index >= 15 is 0 Å². The van der Waals surface area contributed by atoms with E-state index in [1.165, 1.54) is 6.20 Å². The first kappa shape index (κ1) is 14.7. The predicted molar refractivity (Wildman–Crippen MR) is 75.8 cm³/mol. The summed E-state index contributed by atoms with van der Waals surface area (Å²) in [6, 6.07) is 8.70. The Kier molecular flexibility index (Phi) is 5.04. The number of nitrogens with zero attached hydrogens (tertiary/aromatic N) is 4. The van der Waals surface area contributed by atoms with Crippen molar-refractivity contribution >= 4 is 17.4 Å². The van der Waals surface area contributed by atoms with E-state index in [-0.39, 0.29) is 13.2 Å². The number of aliphatic hydroxyl groups excluding tert-OH is 1. The van der Waals surface area contributed by atoms with Gasteiger partial charge >= 0.3 is 0 Å². The first-order chi connectivity index (χ1) is 10.2. The number of nitrogens with one attached hydrogen (secondary N) is 1. The lowest BCUT2D eigenvalue weighted by atomic mass is 10.1. The Morgan fingerprint density at radius 2 is 2.14 bits per heavy atom. The number of ether oxygens (including phenoxy) is 1. The van der Waals surface area contributed by atoms with E-state index in [1.807, 2.05) is 12.1 Å². The molecule has 0 aliphatic carbocycles. The van der Waals surface area contributed by atoms with Gasteiger partial charge in [0.1, 0.15) is 31.0 Å². The van der Waals surface area contributed by atoms with E-state index in [0.717, 1.165) is 11.7 Å². The maximum atomic E-state index is 9.79. The van der Waals surface area contributed by atoms with Crippen LogP contribution in [0.2, 0.25) is 0 Å². The molecule has 0 radical (unpaired) electrons. The highest BCUT2D eigenvalue weighted by Crippen LogP contribution is 2.14. The minimum Gasteiger partial charge on any atom is -0.473 e. The lowest BCUT2D eigenvalue weighted by Crippen LogP contribution is -2.26. The second-order valence-corrected chi connectivity index (χ2v) is 4.63. The summed E-state index contributed by atoms with van der Waals surface area (Å²) in [4.78, 5) is 0. The van der Waals surface area contributed by atoms with Gasteiger partial charge in [-0.2, -0.15) is 14.9 Å². The summed E-state index contributed by atoms with van der Waals surface area (Å²) in [6.07, 6.45) is 0.734. The van der Waals surface area contributed by atoms with Crippen molar-refractivity contribution in [2.24, 2.45) is 0 Å². The maximum Gasteiger partial charge on any atom is 0.245 e. The highest BCUT2D eigenvalue weighted by Gasteiger charge is 2.08. The fourth-order valence-corrected chi connectivity index (χ4v) is 1.90. The third-order valence-electron chi connectivity index (χ3n) is 2.57. The van der Waals surface area contributed by atoms with Crippen molar-refractivity contribution in [1.82, 2.24) is 8.75 Å². The number of anilines is 1. The zero-order valence-electron chi connectivity index (χ0n) is 10.9. The van der Waals surface area contributed by atoms with Crippen LogP contribution in [0.25, 0.3) is 0 Å². The molecule has 0 bridgehead atoms. The van der Waals surface area contributed by atoms with Crippen molar-refractivity contribution in [2.75, 3.05) is 18.5 Å². The zero-order chi connectivity index (χ0) is 15.1. The lowest BCUT2D eigenvalue weighted by Gasteiger charge is -2.13. The largest absolute Gasteiger partial charge is 0.473 e. The fourth-order valence-electron chi connectivity index (χ4n) is 1.54. The van der Waals surface area contributed by atoms with Crippen LogP contribution in [-0.2, 0) is 0 Å². The molecule has 0 aliphatic rings. The molecular formula is C13H11N5O2S. The van der Waals surface area contributed by atoms with Gasteiger partial charge in [0, 0.05) is 12.2 Å². The fraction of sp³-hybridized carbons (Fsp3) is 0.231. The topological polar surface area (TPSA) is 115 Å². The van der Waals surface area contributed by atoms with Gasteiger partial charge in [0.2, 0.25) is 5.88 Å². The van der Waals surface area contributed by atoms with Gasteiger partial charge in [-0.05, 0) is 18.2 Å². The smallest absolute Gasteiger partial charge is 0.245 e. The zero-order valence-corrected chi connectivity index (χ0v) is 11.7. The van der Waals surface area contributed by atoms with E-state index in [9.17, 15) is 5.11 Å². The van der Waals surface area contributed by atoms with Gasteiger partial charge in [-0.25, -0.2) is 0 Å². The Balaban J connectivity index is 1.85. The van der Waals surface area contributed by atoms with Gasteiger partial charge < -0.3 is 15.2 Å². The first-order valence-corrected chi connectivity index (χ1v) is 6.72. The van der Waals surface area contributed by atoms with Crippen LogP contribution >= 0.6 is 11.7 Å². The lowest BCUT2D eigenvalue weighted by molar-refractivity contribution is 0.115.